The summed E-state index contributed by atoms with van der Waals surface area (Å²) in [5.74, 6) is 1.13. The summed E-state index contributed by atoms with van der Waals surface area (Å²) in [5, 5.41) is 3.30. The Balaban J connectivity index is 1.52. The molecule has 0 aromatic carbocycles. The van der Waals surface area contributed by atoms with Crippen LogP contribution in [0.15, 0.2) is 0 Å². The second-order valence-electron chi connectivity index (χ2n) is 9.90. The highest BCUT2D eigenvalue weighted by molar-refractivity contribution is 5.83. The lowest BCUT2D eigenvalue weighted by atomic mass is 9.40. The van der Waals surface area contributed by atoms with Crippen LogP contribution >= 0.6 is 0 Å². The predicted octanol–water partition coefficient (Wildman–Crippen LogP) is 3.14. The molecule has 1 aliphatic heterocycles. The molecule has 5 aliphatic rings. The number of carbonyl (C=O) groups is 1. The Morgan fingerprint density at radius 1 is 1.05 bits per heavy atom. The van der Waals surface area contributed by atoms with E-state index in [1.165, 1.54) is 19.3 Å². The molecule has 21 heavy (non-hydrogen) atoms. The zero-order valence-electron chi connectivity index (χ0n) is 13.8. The van der Waals surface area contributed by atoms with Gasteiger partial charge >= 0.3 is 0 Å². The van der Waals surface area contributed by atoms with Crippen molar-refractivity contribution in [2.45, 2.75) is 59.3 Å². The van der Waals surface area contributed by atoms with Crippen molar-refractivity contribution < 1.29 is 9.53 Å². The largest absolute Gasteiger partial charge is 0.380 e. The van der Waals surface area contributed by atoms with E-state index in [2.05, 4.69) is 26.1 Å². The van der Waals surface area contributed by atoms with Crippen LogP contribution in [0, 0.1) is 27.6 Å². The van der Waals surface area contributed by atoms with Crippen molar-refractivity contribution in [2.75, 3.05) is 19.8 Å². The monoisotopic (exact) mass is 291 g/mol. The number of amides is 1. The summed E-state index contributed by atoms with van der Waals surface area (Å²) in [5.41, 5.74) is 0.930. The summed E-state index contributed by atoms with van der Waals surface area (Å²) in [6.45, 7) is 9.43. The third kappa shape index (κ3) is 2.15. The number of hydrogen-bond donors (Lipinski definition) is 1. The fraction of sp³-hybridized carbons (Fsp3) is 0.944. The fourth-order valence-electron chi connectivity index (χ4n) is 6.73. The predicted molar refractivity (Wildman–Crippen MR) is 81.8 cm³/mol. The summed E-state index contributed by atoms with van der Waals surface area (Å²) in [7, 11) is 0. The second kappa shape index (κ2) is 4.04. The average Bonchev–Trinajstić information content (AvgIpc) is 2.29. The molecule has 1 N–H and O–H groups in total. The molecule has 2 atom stereocenters. The topological polar surface area (TPSA) is 38.3 Å². The van der Waals surface area contributed by atoms with Crippen molar-refractivity contribution in [1.82, 2.24) is 5.32 Å². The van der Waals surface area contributed by atoms with Crippen molar-refractivity contribution in [3.8, 4) is 0 Å². The number of nitrogens with one attached hydrogen (secondary N) is 1. The van der Waals surface area contributed by atoms with Gasteiger partial charge in [-0.3, -0.25) is 4.79 Å². The second-order valence-corrected chi connectivity index (χ2v) is 9.90. The molecule has 0 radical (unpaired) electrons. The summed E-state index contributed by atoms with van der Waals surface area (Å²) in [6, 6.07) is 0. The minimum atomic E-state index is -0.0656. The molecule has 3 heteroatoms. The van der Waals surface area contributed by atoms with Gasteiger partial charge in [0, 0.05) is 12.0 Å². The van der Waals surface area contributed by atoms with Crippen LogP contribution in [-0.4, -0.2) is 25.7 Å². The van der Waals surface area contributed by atoms with Gasteiger partial charge in [0.2, 0.25) is 5.91 Å². The first kappa shape index (κ1) is 14.0. The van der Waals surface area contributed by atoms with E-state index in [1.54, 1.807) is 0 Å². The quantitative estimate of drug-likeness (QED) is 0.867. The molecule has 4 aliphatic carbocycles. The van der Waals surface area contributed by atoms with Crippen molar-refractivity contribution in [3.63, 3.8) is 0 Å². The fourth-order valence-corrected chi connectivity index (χ4v) is 6.73. The highest BCUT2D eigenvalue weighted by Crippen LogP contribution is 2.69. The standard InChI is InChI=1S/C18H29NO2/c1-15-4-13-5-16(2,7-15)9-18(6-13,8-15)14(20)19-10-17(3)11-21-12-17/h13H,4-12H2,1-3H3,(H,19,20). The normalized spacial score (nSPS) is 49.8. The molecule has 2 unspecified atom stereocenters. The molecule has 5 rings (SSSR count). The van der Waals surface area contributed by atoms with Gasteiger partial charge in [0.05, 0.1) is 18.6 Å². The van der Waals surface area contributed by atoms with Crippen LogP contribution in [0.2, 0.25) is 0 Å². The van der Waals surface area contributed by atoms with Crippen molar-refractivity contribution in [1.29, 1.82) is 0 Å². The molecular formula is C18H29NO2. The van der Waals surface area contributed by atoms with E-state index in [0.717, 1.165) is 44.9 Å². The zero-order valence-corrected chi connectivity index (χ0v) is 13.8. The van der Waals surface area contributed by atoms with Gasteiger partial charge in [0.15, 0.2) is 0 Å². The Labute approximate surface area is 128 Å². The molecule has 0 aromatic rings. The van der Waals surface area contributed by atoms with Crippen LogP contribution < -0.4 is 5.32 Å². The van der Waals surface area contributed by atoms with Crippen molar-refractivity contribution >= 4 is 5.91 Å². The number of hydrogen-bond acceptors (Lipinski definition) is 2. The van der Waals surface area contributed by atoms with E-state index in [9.17, 15) is 4.79 Å². The average molecular weight is 291 g/mol. The number of carbonyl (C=O) groups excluding carboxylic acids is 1. The van der Waals surface area contributed by atoms with Gasteiger partial charge in [-0.1, -0.05) is 20.8 Å². The summed E-state index contributed by atoms with van der Waals surface area (Å²) >= 11 is 0. The van der Waals surface area contributed by atoms with Crippen LogP contribution in [0.5, 0.6) is 0 Å². The lowest BCUT2D eigenvalue weighted by Gasteiger charge is -2.64. The Hall–Kier alpha value is -0.570. The van der Waals surface area contributed by atoms with Gasteiger partial charge in [-0.15, -0.1) is 0 Å². The van der Waals surface area contributed by atoms with Gasteiger partial charge in [0.25, 0.3) is 0 Å². The van der Waals surface area contributed by atoms with Gasteiger partial charge < -0.3 is 10.1 Å². The Morgan fingerprint density at radius 3 is 2.14 bits per heavy atom. The van der Waals surface area contributed by atoms with E-state index in [1.807, 2.05) is 0 Å². The molecule has 5 fully saturated rings. The third-order valence-electron chi connectivity index (χ3n) is 6.68. The summed E-state index contributed by atoms with van der Waals surface area (Å²) in [6.07, 6.45) is 7.40. The van der Waals surface area contributed by atoms with Crippen LogP contribution in [0.3, 0.4) is 0 Å². The van der Waals surface area contributed by atoms with E-state index in [0.29, 0.717) is 16.7 Å². The van der Waals surface area contributed by atoms with Crippen LogP contribution in [0.1, 0.15) is 59.3 Å². The van der Waals surface area contributed by atoms with E-state index in [4.69, 9.17) is 4.74 Å². The van der Waals surface area contributed by atoms with Gasteiger partial charge in [-0.25, -0.2) is 0 Å². The molecule has 4 bridgehead atoms. The maximum absolute atomic E-state index is 13.0. The zero-order chi connectivity index (χ0) is 14.9. The minimum absolute atomic E-state index is 0.0656. The van der Waals surface area contributed by atoms with Crippen molar-refractivity contribution in [3.05, 3.63) is 0 Å². The maximum atomic E-state index is 13.0. The Morgan fingerprint density at radius 2 is 1.67 bits per heavy atom. The van der Waals surface area contributed by atoms with Crippen molar-refractivity contribution in [2.24, 2.45) is 27.6 Å². The third-order valence-corrected chi connectivity index (χ3v) is 6.68. The van der Waals surface area contributed by atoms with E-state index >= 15 is 0 Å². The summed E-state index contributed by atoms with van der Waals surface area (Å²) < 4.78 is 5.30. The minimum Gasteiger partial charge on any atom is -0.380 e. The first-order valence-electron chi connectivity index (χ1n) is 8.60. The SMILES string of the molecule is CC1(CNC(=O)C23CC4CC(C)(CC(C)(C4)C2)C3)COC1. The van der Waals surface area contributed by atoms with Crippen LogP contribution in [0.4, 0.5) is 0 Å². The molecule has 1 heterocycles. The van der Waals surface area contributed by atoms with Crippen LogP contribution in [0.25, 0.3) is 0 Å². The molecule has 0 aromatic heterocycles. The number of ether oxygens (including phenoxy) is 1. The highest BCUT2D eigenvalue weighted by Gasteiger charge is 2.62. The number of rotatable bonds is 3. The Kier molecular flexibility index (Phi) is 2.70. The smallest absolute Gasteiger partial charge is 0.226 e. The molecular weight excluding hydrogens is 262 g/mol. The first-order chi connectivity index (χ1) is 9.74. The lowest BCUT2D eigenvalue weighted by molar-refractivity contribution is -0.172. The van der Waals surface area contributed by atoms with Gasteiger partial charge in [-0.2, -0.15) is 0 Å². The molecule has 0 spiro atoms. The molecule has 1 saturated heterocycles. The highest BCUT2D eigenvalue weighted by atomic mass is 16.5. The molecule has 4 saturated carbocycles. The Bertz CT molecular complexity index is 464. The lowest BCUT2D eigenvalue weighted by Crippen LogP contribution is -2.61. The van der Waals surface area contributed by atoms with E-state index < -0.39 is 0 Å². The molecule has 3 nitrogen and oxygen atoms in total. The van der Waals surface area contributed by atoms with Gasteiger partial charge in [-0.05, 0) is 55.3 Å². The summed E-state index contributed by atoms with van der Waals surface area (Å²) in [4.78, 5) is 13.0. The van der Waals surface area contributed by atoms with E-state index in [-0.39, 0.29) is 10.8 Å². The first-order valence-corrected chi connectivity index (χ1v) is 8.60. The maximum Gasteiger partial charge on any atom is 0.226 e. The molecule has 1 amide bonds. The van der Waals surface area contributed by atoms with Crippen LogP contribution in [-0.2, 0) is 9.53 Å². The molecule has 118 valence electrons. The van der Waals surface area contributed by atoms with Gasteiger partial charge in [0.1, 0.15) is 0 Å².